The fourth-order valence-corrected chi connectivity index (χ4v) is 2.50. The topological polar surface area (TPSA) is 82.3 Å². The van der Waals surface area contributed by atoms with E-state index < -0.39 is 0 Å². The van der Waals surface area contributed by atoms with Gasteiger partial charge in [0.25, 0.3) is 0 Å². The summed E-state index contributed by atoms with van der Waals surface area (Å²) in [5.74, 6) is -0.166. The predicted molar refractivity (Wildman–Crippen MR) is 110 cm³/mol. The summed E-state index contributed by atoms with van der Waals surface area (Å²) in [7, 11) is 0. The van der Waals surface area contributed by atoms with Crippen LogP contribution in [0.5, 0.6) is 0 Å². The highest BCUT2D eigenvalue weighted by Gasteiger charge is 2.04. The van der Waals surface area contributed by atoms with E-state index in [1.165, 1.54) is 6.92 Å². The molecule has 0 bridgehead atoms. The number of para-hydroxylation sites is 1. The number of amides is 3. The van der Waals surface area contributed by atoms with E-state index in [9.17, 15) is 9.59 Å². The zero-order valence-corrected chi connectivity index (χ0v) is 14.8. The number of rotatable bonds is 5. The Balaban J connectivity index is 1.57. The van der Waals surface area contributed by atoms with Gasteiger partial charge in [-0.3, -0.25) is 4.79 Å². The molecule has 3 rings (SSSR count). The molecule has 0 unspecified atom stereocenters. The minimum absolute atomic E-state index is 0.166. The Hall–Kier alpha value is -3.80. The highest BCUT2D eigenvalue weighted by molar-refractivity contribution is 6.00. The zero-order chi connectivity index (χ0) is 19.1. The second-order valence-corrected chi connectivity index (χ2v) is 5.91. The van der Waals surface area contributed by atoms with E-state index in [4.69, 9.17) is 0 Å². The summed E-state index contributed by atoms with van der Waals surface area (Å²) >= 11 is 0. The van der Waals surface area contributed by atoms with Crippen molar-refractivity contribution in [2.24, 2.45) is 0 Å². The first kappa shape index (κ1) is 18.0. The summed E-state index contributed by atoms with van der Waals surface area (Å²) in [4.78, 5) is 23.3. The van der Waals surface area contributed by atoms with Gasteiger partial charge in [-0.25, -0.2) is 4.79 Å². The Morgan fingerprint density at radius 2 is 1.11 bits per heavy atom. The Morgan fingerprint density at radius 3 is 1.78 bits per heavy atom. The average molecular weight is 360 g/mol. The van der Waals surface area contributed by atoms with Crippen LogP contribution in [0.2, 0.25) is 0 Å². The molecule has 0 aromatic heterocycles. The molecule has 3 aromatic rings. The average Bonchev–Trinajstić information content (AvgIpc) is 2.64. The second-order valence-electron chi connectivity index (χ2n) is 5.91. The van der Waals surface area contributed by atoms with Crippen molar-refractivity contribution in [3.05, 3.63) is 78.9 Å². The maximum Gasteiger partial charge on any atom is 0.323 e. The standard InChI is InChI=1S/C21H20N4O2/c1-15(26)22-19-8-5-9-20(14-19)25-21(27)24-18-12-10-17(11-13-18)23-16-6-3-2-4-7-16/h2-14,23H,1H3,(H,22,26)(H2,24,25,27). The van der Waals surface area contributed by atoms with E-state index in [0.29, 0.717) is 17.1 Å². The first-order chi connectivity index (χ1) is 13.1. The molecule has 136 valence electrons. The second kappa shape index (κ2) is 8.53. The molecule has 0 aliphatic carbocycles. The normalized spacial score (nSPS) is 9.96. The molecule has 3 amide bonds. The van der Waals surface area contributed by atoms with Crippen LogP contribution in [0.25, 0.3) is 0 Å². The number of benzene rings is 3. The third kappa shape index (κ3) is 5.61. The minimum Gasteiger partial charge on any atom is -0.356 e. The molecular formula is C21H20N4O2. The van der Waals surface area contributed by atoms with E-state index in [1.54, 1.807) is 24.3 Å². The molecule has 0 saturated heterocycles. The monoisotopic (exact) mass is 360 g/mol. The zero-order valence-electron chi connectivity index (χ0n) is 14.8. The number of nitrogens with one attached hydrogen (secondary N) is 4. The summed E-state index contributed by atoms with van der Waals surface area (Å²) in [5, 5.41) is 11.5. The van der Waals surface area contributed by atoms with Crippen molar-refractivity contribution in [2.75, 3.05) is 21.3 Å². The summed E-state index contributed by atoms with van der Waals surface area (Å²) < 4.78 is 0. The smallest absolute Gasteiger partial charge is 0.323 e. The Kier molecular flexibility index (Phi) is 5.69. The fourth-order valence-electron chi connectivity index (χ4n) is 2.50. The van der Waals surface area contributed by atoms with Gasteiger partial charge in [0.15, 0.2) is 0 Å². The number of hydrogen-bond donors (Lipinski definition) is 4. The van der Waals surface area contributed by atoms with Crippen molar-refractivity contribution in [1.82, 2.24) is 0 Å². The van der Waals surface area contributed by atoms with Crippen molar-refractivity contribution >= 4 is 40.4 Å². The van der Waals surface area contributed by atoms with Crippen LogP contribution in [0.1, 0.15) is 6.92 Å². The van der Waals surface area contributed by atoms with Gasteiger partial charge in [-0.2, -0.15) is 0 Å². The molecule has 0 aliphatic heterocycles. The van der Waals surface area contributed by atoms with Crippen molar-refractivity contribution < 1.29 is 9.59 Å². The van der Waals surface area contributed by atoms with Gasteiger partial charge in [-0.1, -0.05) is 24.3 Å². The minimum atomic E-state index is -0.362. The predicted octanol–water partition coefficient (Wildman–Crippen LogP) is 5.03. The van der Waals surface area contributed by atoms with Gasteiger partial charge < -0.3 is 21.3 Å². The van der Waals surface area contributed by atoms with E-state index >= 15 is 0 Å². The number of anilines is 5. The Labute approximate surface area is 157 Å². The SMILES string of the molecule is CC(=O)Nc1cccc(NC(=O)Nc2ccc(Nc3ccccc3)cc2)c1. The van der Waals surface area contributed by atoms with Gasteiger partial charge in [0.1, 0.15) is 0 Å². The summed E-state index contributed by atoms with van der Waals surface area (Å²) in [5.41, 5.74) is 3.80. The summed E-state index contributed by atoms with van der Waals surface area (Å²) in [6.07, 6.45) is 0. The lowest BCUT2D eigenvalue weighted by Gasteiger charge is -2.10. The van der Waals surface area contributed by atoms with Gasteiger partial charge in [0, 0.05) is 35.4 Å². The number of carbonyl (C=O) groups excluding carboxylic acids is 2. The quantitative estimate of drug-likeness (QED) is 0.515. The number of urea groups is 1. The Morgan fingerprint density at radius 1 is 0.593 bits per heavy atom. The molecule has 6 nitrogen and oxygen atoms in total. The van der Waals surface area contributed by atoms with Crippen LogP contribution >= 0.6 is 0 Å². The number of carbonyl (C=O) groups is 2. The molecule has 4 N–H and O–H groups in total. The first-order valence-corrected chi connectivity index (χ1v) is 8.46. The lowest BCUT2D eigenvalue weighted by molar-refractivity contribution is -0.114. The van der Waals surface area contributed by atoms with Gasteiger partial charge >= 0.3 is 6.03 Å². The van der Waals surface area contributed by atoms with Crippen LogP contribution in [-0.4, -0.2) is 11.9 Å². The van der Waals surface area contributed by atoms with Gasteiger partial charge in [-0.15, -0.1) is 0 Å². The molecule has 0 heterocycles. The number of hydrogen-bond acceptors (Lipinski definition) is 3. The summed E-state index contributed by atoms with van der Waals surface area (Å²) in [6, 6.07) is 23.8. The van der Waals surface area contributed by atoms with E-state index in [-0.39, 0.29) is 11.9 Å². The van der Waals surface area contributed by atoms with Crippen molar-refractivity contribution in [2.45, 2.75) is 6.92 Å². The van der Waals surface area contributed by atoms with Crippen LogP contribution in [0.15, 0.2) is 78.9 Å². The third-order valence-electron chi connectivity index (χ3n) is 3.65. The molecule has 6 heteroatoms. The molecule has 0 spiro atoms. The fraction of sp³-hybridized carbons (Fsp3) is 0.0476. The first-order valence-electron chi connectivity index (χ1n) is 8.46. The molecule has 3 aromatic carbocycles. The lowest BCUT2D eigenvalue weighted by atomic mass is 10.2. The highest BCUT2D eigenvalue weighted by atomic mass is 16.2. The van der Waals surface area contributed by atoms with E-state index in [0.717, 1.165) is 11.4 Å². The lowest BCUT2D eigenvalue weighted by Crippen LogP contribution is -2.19. The molecule has 0 fully saturated rings. The third-order valence-corrected chi connectivity index (χ3v) is 3.65. The maximum absolute atomic E-state index is 12.2. The van der Waals surface area contributed by atoms with Crippen LogP contribution in [0, 0.1) is 0 Å². The molecule has 0 radical (unpaired) electrons. The molecule has 0 saturated carbocycles. The van der Waals surface area contributed by atoms with Crippen molar-refractivity contribution in [3.8, 4) is 0 Å². The van der Waals surface area contributed by atoms with Gasteiger partial charge in [-0.05, 0) is 54.6 Å². The van der Waals surface area contributed by atoms with E-state index in [2.05, 4.69) is 21.3 Å². The van der Waals surface area contributed by atoms with Crippen molar-refractivity contribution in [3.63, 3.8) is 0 Å². The van der Waals surface area contributed by atoms with Gasteiger partial charge in [0.05, 0.1) is 0 Å². The van der Waals surface area contributed by atoms with Crippen LogP contribution in [-0.2, 0) is 4.79 Å². The van der Waals surface area contributed by atoms with E-state index in [1.807, 2.05) is 54.6 Å². The largest absolute Gasteiger partial charge is 0.356 e. The van der Waals surface area contributed by atoms with Crippen LogP contribution < -0.4 is 21.3 Å². The summed E-state index contributed by atoms with van der Waals surface area (Å²) in [6.45, 7) is 1.43. The Bertz CT molecular complexity index is 924. The maximum atomic E-state index is 12.2. The molecule has 0 atom stereocenters. The van der Waals surface area contributed by atoms with Crippen LogP contribution in [0.3, 0.4) is 0 Å². The van der Waals surface area contributed by atoms with Gasteiger partial charge in [0.2, 0.25) is 5.91 Å². The highest BCUT2D eigenvalue weighted by Crippen LogP contribution is 2.19. The van der Waals surface area contributed by atoms with Crippen LogP contribution in [0.4, 0.5) is 33.2 Å². The molecule has 27 heavy (non-hydrogen) atoms. The molecule has 0 aliphatic rings. The van der Waals surface area contributed by atoms with Crippen molar-refractivity contribution in [1.29, 1.82) is 0 Å². The molecular weight excluding hydrogens is 340 g/mol.